The number of aromatic nitrogens is 4. The summed E-state index contributed by atoms with van der Waals surface area (Å²) in [6.07, 6.45) is 5.45. The van der Waals surface area contributed by atoms with Gasteiger partial charge in [0, 0.05) is 23.6 Å². The second kappa shape index (κ2) is 7.23. The maximum absolute atomic E-state index is 12.4. The van der Waals surface area contributed by atoms with Crippen LogP contribution >= 0.6 is 0 Å². The Balaban J connectivity index is 1.36. The molecule has 8 heteroatoms. The molecule has 0 saturated heterocycles. The number of nitrogens with one attached hydrogen (secondary N) is 1. The number of imidazole rings is 1. The summed E-state index contributed by atoms with van der Waals surface area (Å²) in [7, 11) is 0. The van der Waals surface area contributed by atoms with E-state index in [0.717, 1.165) is 22.7 Å². The Hall–Kier alpha value is -3.94. The zero-order valence-electron chi connectivity index (χ0n) is 15.4. The number of azo groups is 1. The number of benzene rings is 1. The van der Waals surface area contributed by atoms with Crippen molar-refractivity contribution in [3.05, 3.63) is 72.7 Å². The second-order valence-corrected chi connectivity index (χ2v) is 6.75. The van der Waals surface area contributed by atoms with Gasteiger partial charge < -0.3 is 5.32 Å². The number of nitrogens with zero attached hydrogens (tertiary/aromatic N) is 6. The maximum atomic E-state index is 12.4. The van der Waals surface area contributed by atoms with E-state index in [2.05, 4.69) is 30.5 Å². The summed E-state index contributed by atoms with van der Waals surface area (Å²) in [6, 6.07) is 15.0. The maximum Gasteiger partial charge on any atom is 0.227 e. The van der Waals surface area contributed by atoms with E-state index in [9.17, 15) is 4.79 Å². The Morgan fingerprint density at radius 2 is 1.83 bits per heavy atom. The van der Waals surface area contributed by atoms with Crippen molar-refractivity contribution in [1.82, 2.24) is 19.4 Å². The predicted molar refractivity (Wildman–Crippen MR) is 108 cm³/mol. The molecule has 4 aromatic rings. The Morgan fingerprint density at radius 1 is 1.00 bits per heavy atom. The Kier molecular flexibility index (Phi) is 4.28. The minimum Gasteiger partial charge on any atom is -0.324 e. The van der Waals surface area contributed by atoms with E-state index in [-0.39, 0.29) is 11.7 Å². The number of anilines is 2. The lowest BCUT2D eigenvalue weighted by molar-refractivity contribution is 0.0936. The molecule has 0 atom stereocenters. The monoisotopic (exact) mass is 383 g/mol. The molecule has 0 radical (unpaired) electrons. The second-order valence-electron chi connectivity index (χ2n) is 6.75. The summed E-state index contributed by atoms with van der Waals surface area (Å²) < 4.78 is 1.98. The summed E-state index contributed by atoms with van der Waals surface area (Å²) in [6.45, 7) is 0.950. The molecular formula is C21H17N7O. The fourth-order valence-electron chi connectivity index (χ4n) is 3.30. The third kappa shape index (κ3) is 3.36. The smallest absolute Gasteiger partial charge is 0.227 e. The Bertz CT molecular complexity index is 1210. The van der Waals surface area contributed by atoms with E-state index >= 15 is 0 Å². The van der Waals surface area contributed by atoms with Gasteiger partial charge in [0.05, 0.1) is 36.6 Å². The number of fused-ring (bicyclic) bond motifs is 1. The first kappa shape index (κ1) is 17.2. The minimum absolute atomic E-state index is 0.0763. The van der Waals surface area contributed by atoms with Gasteiger partial charge in [-0.05, 0) is 42.5 Å². The number of rotatable bonds is 5. The van der Waals surface area contributed by atoms with Gasteiger partial charge in [0.15, 0.2) is 5.78 Å². The highest BCUT2D eigenvalue weighted by Gasteiger charge is 2.22. The SMILES string of the molecule is O=C(c1ccc(Nc2nccc(-c3cnc4ccccn34)n2)cc1)C1CN=NC1. The van der Waals surface area contributed by atoms with Crippen molar-refractivity contribution in [2.75, 3.05) is 18.4 Å². The van der Waals surface area contributed by atoms with Crippen molar-refractivity contribution in [3.8, 4) is 11.4 Å². The van der Waals surface area contributed by atoms with Crippen LogP contribution in [0.25, 0.3) is 17.0 Å². The van der Waals surface area contributed by atoms with E-state index in [1.807, 2.05) is 47.0 Å². The van der Waals surface area contributed by atoms with Crippen LogP contribution in [-0.2, 0) is 0 Å². The van der Waals surface area contributed by atoms with E-state index in [0.29, 0.717) is 24.6 Å². The fraction of sp³-hybridized carbons (Fsp3) is 0.143. The standard InChI is InChI=1S/C21H17N7O/c29-20(15-11-24-25-12-15)14-4-6-16(7-5-14)26-21-22-9-8-17(27-21)18-13-23-19-3-1-2-10-28(18)19/h1-10,13,15H,11-12H2,(H,22,26,27). The summed E-state index contributed by atoms with van der Waals surface area (Å²) >= 11 is 0. The van der Waals surface area contributed by atoms with Crippen LogP contribution in [0.2, 0.25) is 0 Å². The third-order valence-corrected chi connectivity index (χ3v) is 4.84. The van der Waals surface area contributed by atoms with Crippen LogP contribution in [0.3, 0.4) is 0 Å². The summed E-state index contributed by atoms with van der Waals surface area (Å²) in [5, 5.41) is 11.0. The summed E-state index contributed by atoms with van der Waals surface area (Å²) in [5.74, 6) is 0.410. The topological polar surface area (TPSA) is 96.9 Å². The molecule has 1 aliphatic rings. The first-order valence-corrected chi connectivity index (χ1v) is 9.28. The van der Waals surface area contributed by atoms with Crippen molar-refractivity contribution in [2.45, 2.75) is 0 Å². The molecule has 0 fully saturated rings. The van der Waals surface area contributed by atoms with E-state index in [1.165, 1.54) is 0 Å². The molecule has 5 rings (SSSR count). The molecule has 1 aliphatic heterocycles. The van der Waals surface area contributed by atoms with Gasteiger partial charge in [0.1, 0.15) is 5.65 Å². The largest absolute Gasteiger partial charge is 0.324 e. The van der Waals surface area contributed by atoms with Crippen molar-refractivity contribution < 1.29 is 4.79 Å². The van der Waals surface area contributed by atoms with Crippen LogP contribution in [0.1, 0.15) is 10.4 Å². The minimum atomic E-state index is -0.140. The van der Waals surface area contributed by atoms with Gasteiger partial charge in [-0.25, -0.2) is 15.0 Å². The number of ketones is 1. The summed E-state index contributed by atoms with van der Waals surface area (Å²) in [5.41, 5.74) is 3.98. The lowest BCUT2D eigenvalue weighted by atomic mass is 9.98. The fourth-order valence-corrected chi connectivity index (χ4v) is 3.30. The highest BCUT2D eigenvalue weighted by atomic mass is 16.1. The molecule has 0 spiro atoms. The van der Waals surface area contributed by atoms with E-state index in [1.54, 1.807) is 24.5 Å². The van der Waals surface area contributed by atoms with E-state index < -0.39 is 0 Å². The molecule has 0 unspecified atom stereocenters. The molecule has 29 heavy (non-hydrogen) atoms. The molecule has 3 aromatic heterocycles. The van der Waals surface area contributed by atoms with Crippen LogP contribution in [-0.4, -0.2) is 38.2 Å². The number of hydrogen-bond acceptors (Lipinski definition) is 7. The lowest BCUT2D eigenvalue weighted by Gasteiger charge is -2.09. The van der Waals surface area contributed by atoms with Crippen LogP contribution < -0.4 is 5.32 Å². The molecule has 142 valence electrons. The number of carbonyl (C=O) groups excluding carboxylic acids is 1. The molecule has 0 aliphatic carbocycles. The van der Waals surface area contributed by atoms with Crippen molar-refractivity contribution in [3.63, 3.8) is 0 Å². The lowest BCUT2D eigenvalue weighted by Crippen LogP contribution is -2.17. The van der Waals surface area contributed by atoms with Crippen LogP contribution in [0.4, 0.5) is 11.6 Å². The highest BCUT2D eigenvalue weighted by Crippen LogP contribution is 2.22. The van der Waals surface area contributed by atoms with Gasteiger partial charge in [-0.1, -0.05) is 6.07 Å². The normalized spacial score (nSPS) is 13.8. The van der Waals surface area contributed by atoms with Crippen molar-refractivity contribution in [2.24, 2.45) is 16.1 Å². The van der Waals surface area contributed by atoms with Crippen LogP contribution in [0.5, 0.6) is 0 Å². The first-order valence-electron chi connectivity index (χ1n) is 9.28. The average molecular weight is 383 g/mol. The highest BCUT2D eigenvalue weighted by molar-refractivity contribution is 5.98. The van der Waals surface area contributed by atoms with Gasteiger partial charge in [-0.15, -0.1) is 0 Å². The van der Waals surface area contributed by atoms with Crippen molar-refractivity contribution >= 4 is 23.1 Å². The Morgan fingerprint density at radius 3 is 2.66 bits per heavy atom. The zero-order valence-corrected chi connectivity index (χ0v) is 15.4. The zero-order chi connectivity index (χ0) is 19.6. The molecule has 1 N–H and O–H groups in total. The predicted octanol–water partition coefficient (Wildman–Crippen LogP) is 3.80. The van der Waals surface area contributed by atoms with Gasteiger partial charge in [-0.3, -0.25) is 9.20 Å². The number of Topliss-reactive ketones (excluding diaryl/α,β-unsaturated/α-hetero) is 1. The van der Waals surface area contributed by atoms with Crippen molar-refractivity contribution in [1.29, 1.82) is 0 Å². The van der Waals surface area contributed by atoms with Gasteiger partial charge >= 0.3 is 0 Å². The number of carbonyl (C=O) groups is 1. The molecule has 0 saturated carbocycles. The number of hydrogen-bond donors (Lipinski definition) is 1. The molecule has 8 nitrogen and oxygen atoms in total. The van der Waals surface area contributed by atoms with Gasteiger partial charge in [-0.2, -0.15) is 10.2 Å². The van der Waals surface area contributed by atoms with E-state index in [4.69, 9.17) is 0 Å². The average Bonchev–Trinajstić information content (AvgIpc) is 3.44. The van der Waals surface area contributed by atoms with Gasteiger partial charge in [0.25, 0.3) is 0 Å². The Labute approximate surface area is 166 Å². The molecule has 1 aromatic carbocycles. The molecule has 0 bridgehead atoms. The van der Waals surface area contributed by atoms with Crippen LogP contribution in [0, 0.1) is 5.92 Å². The number of pyridine rings is 1. The quantitative estimate of drug-likeness (QED) is 0.529. The summed E-state index contributed by atoms with van der Waals surface area (Å²) in [4.78, 5) is 25.7. The molecular weight excluding hydrogens is 366 g/mol. The van der Waals surface area contributed by atoms with Crippen LogP contribution in [0.15, 0.2) is 77.3 Å². The first-order chi connectivity index (χ1) is 14.3. The molecule has 0 amide bonds. The van der Waals surface area contributed by atoms with Gasteiger partial charge in [0.2, 0.25) is 5.95 Å². The molecule has 4 heterocycles. The third-order valence-electron chi connectivity index (χ3n) is 4.84.